The lowest BCUT2D eigenvalue weighted by Crippen LogP contribution is -2.47. The summed E-state index contributed by atoms with van der Waals surface area (Å²) in [4.78, 5) is 12.6. The molecule has 0 unspecified atom stereocenters. The molecule has 0 aliphatic rings. The van der Waals surface area contributed by atoms with Crippen molar-refractivity contribution in [3.63, 3.8) is 0 Å². The lowest BCUT2D eigenvalue weighted by molar-refractivity contribution is -0.122. The highest BCUT2D eigenvalue weighted by molar-refractivity contribution is 7.89. The van der Waals surface area contributed by atoms with Crippen LogP contribution >= 0.6 is 23.2 Å². The van der Waals surface area contributed by atoms with Crippen molar-refractivity contribution in [3.05, 3.63) is 88.3 Å². The number of carbonyl (C=O) groups is 1. The number of nitrogens with one attached hydrogen (secondary N) is 2. The maximum atomic E-state index is 12.9. The highest BCUT2D eigenvalue weighted by Gasteiger charge is 2.27. The van der Waals surface area contributed by atoms with Gasteiger partial charge in [-0.1, -0.05) is 53.5 Å². The van der Waals surface area contributed by atoms with Gasteiger partial charge in [0.05, 0.1) is 17.8 Å². The predicted molar refractivity (Wildman–Crippen MR) is 111 cm³/mol. The smallest absolute Gasteiger partial charge is 0.242 e. The molecule has 1 aromatic heterocycles. The molecule has 1 heterocycles. The Hall–Kier alpha value is -2.32. The van der Waals surface area contributed by atoms with Crippen LogP contribution in [0.15, 0.2) is 76.2 Å². The third-order valence-electron chi connectivity index (χ3n) is 4.10. The van der Waals surface area contributed by atoms with Crippen LogP contribution in [0.1, 0.15) is 11.3 Å². The second-order valence-electron chi connectivity index (χ2n) is 6.24. The molecule has 0 aliphatic heterocycles. The van der Waals surface area contributed by atoms with Crippen molar-refractivity contribution in [2.45, 2.75) is 23.9 Å². The van der Waals surface area contributed by atoms with Crippen LogP contribution in [0, 0.1) is 0 Å². The first-order chi connectivity index (χ1) is 13.8. The van der Waals surface area contributed by atoms with Gasteiger partial charge >= 0.3 is 0 Å². The molecule has 0 aliphatic carbocycles. The number of rotatable bonds is 8. The van der Waals surface area contributed by atoms with Crippen LogP contribution < -0.4 is 10.0 Å². The van der Waals surface area contributed by atoms with Crippen LogP contribution in [0.25, 0.3) is 0 Å². The minimum absolute atomic E-state index is 0.0105. The Kier molecular flexibility index (Phi) is 6.97. The molecule has 3 rings (SSSR count). The first-order valence-corrected chi connectivity index (χ1v) is 10.9. The average Bonchev–Trinajstić information content (AvgIpc) is 3.21. The van der Waals surface area contributed by atoms with E-state index in [0.29, 0.717) is 5.76 Å². The van der Waals surface area contributed by atoms with E-state index in [1.165, 1.54) is 24.5 Å². The second-order valence-corrected chi connectivity index (χ2v) is 8.76. The quantitative estimate of drug-likeness (QED) is 0.543. The molecule has 1 atom stereocenters. The molecule has 9 heteroatoms. The van der Waals surface area contributed by atoms with E-state index < -0.39 is 22.0 Å². The summed E-state index contributed by atoms with van der Waals surface area (Å²) in [7, 11) is -4.10. The maximum absolute atomic E-state index is 12.9. The first kappa shape index (κ1) is 21.4. The van der Waals surface area contributed by atoms with Crippen LogP contribution in [0.5, 0.6) is 0 Å². The minimum atomic E-state index is -4.10. The van der Waals surface area contributed by atoms with Crippen molar-refractivity contribution < 1.29 is 17.6 Å². The molecule has 0 saturated carbocycles. The Balaban J connectivity index is 1.83. The van der Waals surface area contributed by atoms with Crippen molar-refractivity contribution in [1.29, 1.82) is 0 Å². The van der Waals surface area contributed by atoms with Gasteiger partial charge in [-0.25, -0.2) is 8.42 Å². The van der Waals surface area contributed by atoms with E-state index >= 15 is 0 Å². The number of hydrogen-bond donors (Lipinski definition) is 2. The zero-order valence-electron chi connectivity index (χ0n) is 15.1. The summed E-state index contributed by atoms with van der Waals surface area (Å²) in [6, 6.07) is 15.6. The third-order valence-corrected chi connectivity index (χ3v) is 6.28. The van der Waals surface area contributed by atoms with Crippen LogP contribution in [-0.2, 0) is 27.8 Å². The number of benzene rings is 2. The van der Waals surface area contributed by atoms with E-state index in [2.05, 4.69) is 10.0 Å². The first-order valence-electron chi connectivity index (χ1n) is 8.66. The van der Waals surface area contributed by atoms with E-state index in [0.717, 1.165) is 5.56 Å². The average molecular weight is 453 g/mol. The summed E-state index contributed by atoms with van der Waals surface area (Å²) >= 11 is 12.0. The summed E-state index contributed by atoms with van der Waals surface area (Å²) in [5.74, 6) is 0.0598. The molecule has 152 valence electrons. The Morgan fingerprint density at radius 3 is 2.48 bits per heavy atom. The number of sulfonamides is 1. The summed E-state index contributed by atoms with van der Waals surface area (Å²) < 4.78 is 33.4. The molecule has 29 heavy (non-hydrogen) atoms. The Bertz CT molecular complexity index is 1070. The largest absolute Gasteiger partial charge is 0.467 e. The van der Waals surface area contributed by atoms with E-state index in [4.69, 9.17) is 27.6 Å². The normalized spacial score (nSPS) is 12.5. The molecule has 3 aromatic rings. The highest BCUT2D eigenvalue weighted by atomic mass is 35.5. The standard InChI is InChI=1S/C20H18Cl2N2O4S/c21-15-8-9-17(22)19(12-15)29(26,27)24-18(11-14-5-2-1-3-6-14)20(25)23-13-16-7-4-10-28-16/h1-10,12,18,24H,11,13H2,(H,23,25)/t18-/m0/s1. The Morgan fingerprint density at radius 2 is 1.79 bits per heavy atom. The molecule has 1 amide bonds. The number of carbonyl (C=O) groups excluding carboxylic acids is 1. The molecule has 2 aromatic carbocycles. The van der Waals surface area contributed by atoms with Gasteiger partial charge in [-0.15, -0.1) is 0 Å². The number of halogens is 2. The van der Waals surface area contributed by atoms with E-state index in [1.807, 2.05) is 30.3 Å². The van der Waals surface area contributed by atoms with Crippen LogP contribution in [-0.4, -0.2) is 20.4 Å². The van der Waals surface area contributed by atoms with Gasteiger partial charge in [0.2, 0.25) is 15.9 Å². The zero-order chi connectivity index (χ0) is 20.9. The maximum Gasteiger partial charge on any atom is 0.242 e. The van der Waals surface area contributed by atoms with Crippen LogP contribution in [0.4, 0.5) is 0 Å². The van der Waals surface area contributed by atoms with Crippen molar-refractivity contribution >= 4 is 39.1 Å². The van der Waals surface area contributed by atoms with E-state index in [1.54, 1.807) is 12.1 Å². The van der Waals surface area contributed by atoms with Crippen molar-refractivity contribution in [3.8, 4) is 0 Å². The van der Waals surface area contributed by atoms with Gasteiger partial charge in [0, 0.05) is 5.02 Å². The fourth-order valence-electron chi connectivity index (χ4n) is 2.68. The Labute approximate surface area is 178 Å². The number of furan rings is 1. The number of hydrogen-bond acceptors (Lipinski definition) is 4. The zero-order valence-corrected chi connectivity index (χ0v) is 17.5. The molecule has 0 spiro atoms. The van der Waals surface area contributed by atoms with Crippen LogP contribution in [0.3, 0.4) is 0 Å². The summed E-state index contributed by atoms with van der Waals surface area (Å²) in [6.45, 7) is 0.136. The molecular formula is C20H18Cl2N2O4S. The summed E-state index contributed by atoms with van der Waals surface area (Å²) in [5, 5.41) is 2.92. The summed E-state index contributed by atoms with van der Waals surface area (Å²) in [6.07, 6.45) is 1.65. The molecule has 6 nitrogen and oxygen atoms in total. The van der Waals surface area contributed by atoms with Gasteiger partial charge in [-0.3, -0.25) is 4.79 Å². The molecule has 0 fully saturated rings. The molecule has 0 bridgehead atoms. The Morgan fingerprint density at radius 1 is 1.03 bits per heavy atom. The molecule has 0 saturated heterocycles. The van der Waals surface area contributed by atoms with Gasteiger partial charge in [0.15, 0.2) is 0 Å². The fraction of sp³-hybridized carbons (Fsp3) is 0.150. The fourth-order valence-corrected chi connectivity index (χ4v) is 4.64. The van der Waals surface area contributed by atoms with E-state index in [-0.39, 0.29) is 27.9 Å². The number of amides is 1. The van der Waals surface area contributed by atoms with Crippen LogP contribution in [0.2, 0.25) is 10.0 Å². The van der Waals surface area contributed by atoms with Crippen molar-refractivity contribution in [2.75, 3.05) is 0 Å². The monoisotopic (exact) mass is 452 g/mol. The van der Waals surface area contributed by atoms with Gasteiger partial charge < -0.3 is 9.73 Å². The van der Waals surface area contributed by atoms with Gasteiger partial charge in [-0.2, -0.15) is 4.72 Å². The third kappa shape index (κ3) is 5.83. The lowest BCUT2D eigenvalue weighted by Gasteiger charge is -2.19. The lowest BCUT2D eigenvalue weighted by atomic mass is 10.1. The van der Waals surface area contributed by atoms with Gasteiger partial charge in [0.1, 0.15) is 16.7 Å². The SMILES string of the molecule is O=C(NCc1ccco1)[C@H](Cc1ccccc1)NS(=O)(=O)c1cc(Cl)ccc1Cl. The topological polar surface area (TPSA) is 88.4 Å². The van der Waals surface area contributed by atoms with Crippen molar-refractivity contribution in [1.82, 2.24) is 10.0 Å². The van der Waals surface area contributed by atoms with E-state index in [9.17, 15) is 13.2 Å². The minimum Gasteiger partial charge on any atom is -0.467 e. The van der Waals surface area contributed by atoms with Gasteiger partial charge in [0.25, 0.3) is 0 Å². The van der Waals surface area contributed by atoms with Gasteiger partial charge in [-0.05, 0) is 42.3 Å². The molecular weight excluding hydrogens is 435 g/mol. The summed E-state index contributed by atoms with van der Waals surface area (Å²) in [5.41, 5.74) is 0.797. The van der Waals surface area contributed by atoms with Crippen molar-refractivity contribution in [2.24, 2.45) is 0 Å². The second kappa shape index (κ2) is 9.45. The highest BCUT2D eigenvalue weighted by Crippen LogP contribution is 2.25. The molecule has 2 N–H and O–H groups in total. The molecule has 0 radical (unpaired) electrons. The predicted octanol–water partition coefficient (Wildman–Crippen LogP) is 3.79.